The summed E-state index contributed by atoms with van der Waals surface area (Å²) in [4.78, 5) is 10.5. The quantitative estimate of drug-likeness (QED) is 0.832. The predicted molar refractivity (Wildman–Crippen MR) is 56.2 cm³/mol. The largest absolute Gasteiger partial charge is 0.481 e. The molecule has 0 aromatic heterocycles. The number of hydrogen-bond donors (Lipinski definition) is 1. The summed E-state index contributed by atoms with van der Waals surface area (Å²) in [5.41, 5.74) is 0. The first kappa shape index (κ1) is 15.2. The molecular formula is C11H17F3O4. The third-order valence-corrected chi connectivity index (χ3v) is 3.10. The molecule has 106 valence electrons. The lowest BCUT2D eigenvalue weighted by Crippen LogP contribution is -2.37. The van der Waals surface area contributed by atoms with Crippen LogP contribution in [0.25, 0.3) is 0 Å². The topological polar surface area (TPSA) is 55.8 Å². The third kappa shape index (κ3) is 4.45. The van der Waals surface area contributed by atoms with E-state index in [2.05, 4.69) is 0 Å². The summed E-state index contributed by atoms with van der Waals surface area (Å²) in [5, 5.41) is 8.51. The molecule has 0 saturated heterocycles. The van der Waals surface area contributed by atoms with Crippen molar-refractivity contribution < 1.29 is 32.5 Å². The van der Waals surface area contributed by atoms with Crippen LogP contribution in [0.4, 0.5) is 13.2 Å². The molecule has 3 atom stereocenters. The molecule has 0 amide bonds. The van der Waals surface area contributed by atoms with Crippen molar-refractivity contribution in [3.05, 3.63) is 0 Å². The average molecular weight is 270 g/mol. The van der Waals surface area contributed by atoms with Gasteiger partial charge >= 0.3 is 12.1 Å². The van der Waals surface area contributed by atoms with Gasteiger partial charge in [0.1, 0.15) is 0 Å². The maximum absolute atomic E-state index is 12.4. The first-order valence-electron chi connectivity index (χ1n) is 5.78. The van der Waals surface area contributed by atoms with Gasteiger partial charge in [-0.25, -0.2) is 0 Å². The Balaban J connectivity index is 2.45. The molecule has 7 heteroatoms. The minimum atomic E-state index is -4.78. The van der Waals surface area contributed by atoms with Crippen molar-refractivity contribution in [2.24, 2.45) is 5.92 Å². The number of methoxy groups -OCH3 is 1. The van der Waals surface area contributed by atoms with Gasteiger partial charge in [-0.15, -0.1) is 0 Å². The van der Waals surface area contributed by atoms with Crippen LogP contribution in [0.15, 0.2) is 0 Å². The lowest BCUT2D eigenvalue weighted by atomic mass is 9.95. The van der Waals surface area contributed by atoms with Gasteiger partial charge in [0.2, 0.25) is 0 Å². The molecule has 0 heterocycles. The van der Waals surface area contributed by atoms with E-state index in [9.17, 15) is 18.0 Å². The van der Waals surface area contributed by atoms with Crippen molar-refractivity contribution in [3.8, 4) is 0 Å². The third-order valence-electron chi connectivity index (χ3n) is 3.10. The van der Waals surface area contributed by atoms with Gasteiger partial charge in [-0.05, 0) is 25.7 Å². The summed E-state index contributed by atoms with van der Waals surface area (Å²) in [5.74, 6) is -4.36. The zero-order valence-corrected chi connectivity index (χ0v) is 10.1. The first-order valence-corrected chi connectivity index (χ1v) is 5.78. The fraction of sp³-hybridized carbons (Fsp3) is 0.909. The second kappa shape index (κ2) is 6.38. The number of hydrogen-bond acceptors (Lipinski definition) is 3. The van der Waals surface area contributed by atoms with E-state index in [0.717, 1.165) is 12.8 Å². The Morgan fingerprint density at radius 2 is 2.00 bits per heavy atom. The minimum absolute atomic E-state index is 0.0158. The number of carboxylic acid groups (broad SMARTS) is 1. The van der Waals surface area contributed by atoms with E-state index in [-0.39, 0.29) is 12.2 Å². The van der Waals surface area contributed by atoms with Gasteiger partial charge in [-0.3, -0.25) is 4.79 Å². The van der Waals surface area contributed by atoms with Crippen molar-refractivity contribution in [1.82, 2.24) is 0 Å². The Labute approximate surface area is 103 Å². The van der Waals surface area contributed by atoms with E-state index in [1.807, 2.05) is 0 Å². The van der Waals surface area contributed by atoms with Crippen LogP contribution in [-0.4, -0.2) is 43.2 Å². The van der Waals surface area contributed by atoms with Crippen LogP contribution in [0.3, 0.4) is 0 Å². The van der Waals surface area contributed by atoms with E-state index in [4.69, 9.17) is 14.6 Å². The van der Waals surface area contributed by atoms with E-state index < -0.39 is 24.7 Å². The molecule has 1 aliphatic rings. The molecule has 1 saturated carbocycles. The average Bonchev–Trinajstić information content (AvgIpc) is 2.27. The van der Waals surface area contributed by atoms with Crippen molar-refractivity contribution in [3.63, 3.8) is 0 Å². The van der Waals surface area contributed by atoms with E-state index in [1.54, 1.807) is 7.11 Å². The molecule has 4 nitrogen and oxygen atoms in total. The molecule has 1 rings (SSSR count). The summed E-state index contributed by atoms with van der Waals surface area (Å²) >= 11 is 0. The number of carboxylic acids is 1. The molecule has 0 bridgehead atoms. The maximum atomic E-state index is 12.4. The summed E-state index contributed by atoms with van der Waals surface area (Å²) in [6, 6.07) is 0. The van der Waals surface area contributed by atoms with Gasteiger partial charge in [0.25, 0.3) is 0 Å². The summed E-state index contributed by atoms with van der Waals surface area (Å²) < 4.78 is 47.4. The Morgan fingerprint density at radius 3 is 2.50 bits per heavy atom. The second-order valence-electron chi connectivity index (χ2n) is 4.41. The lowest BCUT2D eigenvalue weighted by Gasteiger charge is -2.29. The van der Waals surface area contributed by atoms with Crippen LogP contribution >= 0.6 is 0 Å². The molecule has 0 radical (unpaired) electrons. The lowest BCUT2D eigenvalue weighted by molar-refractivity contribution is -0.207. The molecule has 1 aliphatic carbocycles. The Kier molecular flexibility index (Phi) is 5.40. The van der Waals surface area contributed by atoms with Crippen molar-refractivity contribution in [2.75, 3.05) is 13.7 Å². The maximum Gasteiger partial charge on any atom is 0.404 e. The van der Waals surface area contributed by atoms with Gasteiger partial charge in [0.15, 0.2) is 5.92 Å². The van der Waals surface area contributed by atoms with Gasteiger partial charge in [-0.1, -0.05) is 0 Å². The first-order chi connectivity index (χ1) is 8.34. The number of carbonyl (C=O) groups is 1. The monoisotopic (exact) mass is 270 g/mol. The van der Waals surface area contributed by atoms with Crippen molar-refractivity contribution in [1.29, 1.82) is 0 Å². The molecule has 3 unspecified atom stereocenters. The Hall–Kier alpha value is -0.820. The minimum Gasteiger partial charge on any atom is -0.481 e. The molecule has 0 aromatic rings. The molecule has 1 fully saturated rings. The van der Waals surface area contributed by atoms with Gasteiger partial charge < -0.3 is 14.6 Å². The molecular weight excluding hydrogens is 253 g/mol. The van der Waals surface area contributed by atoms with Gasteiger partial charge in [-0.2, -0.15) is 13.2 Å². The van der Waals surface area contributed by atoms with Crippen LogP contribution in [-0.2, 0) is 14.3 Å². The highest BCUT2D eigenvalue weighted by molar-refractivity contribution is 5.71. The summed E-state index contributed by atoms with van der Waals surface area (Å²) in [6.07, 6.45) is -2.32. The predicted octanol–water partition coefficient (Wildman–Crippen LogP) is 2.22. The SMILES string of the molecule is COC1CCCC(OCC(C(=O)O)C(F)(F)F)C1. The molecule has 1 N–H and O–H groups in total. The summed E-state index contributed by atoms with van der Waals surface area (Å²) in [7, 11) is 1.54. The van der Waals surface area contributed by atoms with Gasteiger partial charge in [0, 0.05) is 7.11 Å². The van der Waals surface area contributed by atoms with Crippen LogP contribution in [0, 0.1) is 5.92 Å². The number of ether oxygens (including phenoxy) is 2. The highest BCUT2D eigenvalue weighted by Gasteiger charge is 2.45. The molecule has 0 aromatic carbocycles. The van der Waals surface area contributed by atoms with Gasteiger partial charge in [0.05, 0.1) is 18.8 Å². The molecule has 0 aliphatic heterocycles. The second-order valence-corrected chi connectivity index (χ2v) is 4.41. The van der Waals surface area contributed by atoms with Crippen LogP contribution in [0.5, 0.6) is 0 Å². The van der Waals surface area contributed by atoms with Crippen LogP contribution in [0.2, 0.25) is 0 Å². The van der Waals surface area contributed by atoms with E-state index >= 15 is 0 Å². The smallest absolute Gasteiger partial charge is 0.404 e. The standard InChI is InChI=1S/C11H17F3O4/c1-17-7-3-2-4-8(5-7)18-6-9(10(15)16)11(12,13)14/h7-9H,2-6H2,1H3,(H,15,16). The Morgan fingerprint density at radius 1 is 1.39 bits per heavy atom. The van der Waals surface area contributed by atoms with Crippen LogP contribution in [0.1, 0.15) is 25.7 Å². The van der Waals surface area contributed by atoms with Crippen molar-refractivity contribution >= 4 is 5.97 Å². The highest BCUT2D eigenvalue weighted by Crippen LogP contribution is 2.29. The Bertz CT molecular complexity index is 280. The van der Waals surface area contributed by atoms with E-state index in [1.165, 1.54) is 0 Å². The highest BCUT2D eigenvalue weighted by atomic mass is 19.4. The molecule has 18 heavy (non-hydrogen) atoms. The molecule has 0 spiro atoms. The fourth-order valence-corrected chi connectivity index (χ4v) is 2.01. The van der Waals surface area contributed by atoms with Crippen LogP contribution < -0.4 is 0 Å². The summed E-state index contributed by atoms with van der Waals surface area (Å²) in [6.45, 7) is -0.833. The number of halogens is 3. The van der Waals surface area contributed by atoms with E-state index in [0.29, 0.717) is 12.8 Å². The number of aliphatic carboxylic acids is 1. The normalized spacial score (nSPS) is 26.9. The fourth-order valence-electron chi connectivity index (χ4n) is 2.01. The number of alkyl halides is 3. The van der Waals surface area contributed by atoms with Crippen molar-refractivity contribution in [2.45, 2.75) is 44.1 Å². The number of rotatable bonds is 5. The zero-order valence-electron chi connectivity index (χ0n) is 10.1. The zero-order chi connectivity index (χ0) is 13.8.